The van der Waals surface area contributed by atoms with Crippen LogP contribution in [0.2, 0.25) is 0 Å². The second-order valence-corrected chi connectivity index (χ2v) is 4.45. The van der Waals surface area contributed by atoms with Crippen LogP contribution < -0.4 is 0 Å². The van der Waals surface area contributed by atoms with Gasteiger partial charge in [0.15, 0.2) is 0 Å². The van der Waals surface area contributed by atoms with Crippen LogP contribution in [0, 0.1) is 0 Å². The fraction of sp³-hybridized carbons (Fsp3) is 0.167. The fourth-order valence-electron chi connectivity index (χ4n) is 1.43. The molecule has 2 rings (SSSR count). The van der Waals surface area contributed by atoms with E-state index < -0.39 is 5.97 Å². The first-order chi connectivity index (χ1) is 8.15. The Bertz CT molecular complexity index is 536. The van der Waals surface area contributed by atoms with Gasteiger partial charge in [-0.3, -0.25) is 4.79 Å². The lowest BCUT2D eigenvalue weighted by Gasteiger charge is -1.96. The molecule has 0 atom stereocenters. The first kappa shape index (κ1) is 11.6. The molecule has 0 radical (unpaired) electrons. The molecule has 0 aliphatic carbocycles. The SMILES string of the molecule is O=C(O)CCc1csc(-c2cccc(O)c2)n1. The van der Waals surface area contributed by atoms with E-state index in [2.05, 4.69) is 4.98 Å². The van der Waals surface area contributed by atoms with E-state index in [1.54, 1.807) is 18.2 Å². The molecule has 0 spiro atoms. The van der Waals surface area contributed by atoms with Crippen molar-refractivity contribution in [3.8, 4) is 16.3 Å². The highest BCUT2D eigenvalue weighted by molar-refractivity contribution is 7.13. The molecular weight excluding hydrogens is 238 g/mol. The number of aromatic hydroxyl groups is 1. The molecule has 4 nitrogen and oxygen atoms in total. The number of thiazole rings is 1. The van der Waals surface area contributed by atoms with Gasteiger partial charge in [0.2, 0.25) is 0 Å². The number of carboxylic acids is 1. The molecule has 0 saturated heterocycles. The Morgan fingerprint density at radius 1 is 1.41 bits per heavy atom. The minimum atomic E-state index is -0.822. The Kier molecular flexibility index (Phi) is 3.39. The van der Waals surface area contributed by atoms with Crippen LogP contribution in [0.1, 0.15) is 12.1 Å². The minimum Gasteiger partial charge on any atom is -0.508 e. The first-order valence-electron chi connectivity index (χ1n) is 5.11. The number of aromatic nitrogens is 1. The molecule has 0 bridgehead atoms. The summed E-state index contributed by atoms with van der Waals surface area (Å²) in [6, 6.07) is 6.85. The van der Waals surface area contributed by atoms with Crippen LogP contribution in [0.25, 0.3) is 10.6 Å². The number of hydrogen-bond acceptors (Lipinski definition) is 4. The maximum atomic E-state index is 10.4. The average molecular weight is 249 g/mol. The molecule has 17 heavy (non-hydrogen) atoms. The van der Waals surface area contributed by atoms with E-state index in [9.17, 15) is 9.90 Å². The Morgan fingerprint density at radius 3 is 2.94 bits per heavy atom. The largest absolute Gasteiger partial charge is 0.508 e. The standard InChI is InChI=1S/C12H11NO3S/c14-10-3-1-2-8(6-10)12-13-9(7-17-12)4-5-11(15)16/h1-3,6-7,14H,4-5H2,(H,15,16). The normalized spacial score (nSPS) is 10.4. The van der Waals surface area contributed by atoms with E-state index >= 15 is 0 Å². The number of carboxylic acid groups (broad SMARTS) is 1. The number of carbonyl (C=O) groups is 1. The van der Waals surface area contributed by atoms with Gasteiger partial charge in [-0.2, -0.15) is 0 Å². The van der Waals surface area contributed by atoms with Gasteiger partial charge in [-0.05, 0) is 12.1 Å². The van der Waals surface area contributed by atoms with Crippen molar-refractivity contribution in [2.75, 3.05) is 0 Å². The van der Waals surface area contributed by atoms with Crippen LogP contribution >= 0.6 is 11.3 Å². The van der Waals surface area contributed by atoms with Gasteiger partial charge in [-0.25, -0.2) is 4.98 Å². The van der Waals surface area contributed by atoms with Crippen LogP contribution in [0.3, 0.4) is 0 Å². The fourth-order valence-corrected chi connectivity index (χ4v) is 2.28. The first-order valence-corrected chi connectivity index (χ1v) is 5.99. The van der Waals surface area contributed by atoms with Gasteiger partial charge in [0.1, 0.15) is 10.8 Å². The van der Waals surface area contributed by atoms with Gasteiger partial charge in [-0.15, -0.1) is 11.3 Å². The van der Waals surface area contributed by atoms with Crippen molar-refractivity contribution in [1.29, 1.82) is 0 Å². The number of benzene rings is 1. The molecule has 0 unspecified atom stereocenters. The molecule has 1 aromatic carbocycles. The smallest absolute Gasteiger partial charge is 0.303 e. The monoisotopic (exact) mass is 249 g/mol. The number of hydrogen-bond donors (Lipinski definition) is 2. The maximum absolute atomic E-state index is 10.4. The van der Waals surface area contributed by atoms with E-state index in [-0.39, 0.29) is 12.2 Å². The molecule has 0 saturated carbocycles. The third-order valence-electron chi connectivity index (χ3n) is 2.24. The molecule has 0 aliphatic rings. The van der Waals surface area contributed by atoms with Crippen LogP contribution in [-0.4, -0.2) is 21.2 Å². The van der Waals surface area contributed by atoms with E-state index in [1.807, 2.05) is 11.4 Å². The van der Waals surface area contributed by atoms with E-state index in [0.29, 0.717) is 6.42 Å². The predicted molar refractivity (Wildman–Crippen MR) is 65.2 cm³/mol. The molecule has 0 fully saturated rings. The van der Waals surface area contributed by atoms with Crippen LogP contribution in [-0.2, 0) is 11.2 Å². The number of phenols is 1. The number of phenolic OH excluding ortho intramolecular Hbond substituents is 1. The summed E-state index contributed by atoms with van der Waals surface area (Å²) < 4.78 is 0. The van der Waals surface area contributed by atoms with Crippen molar-refractivity contribution in [2.45, 2.75) is 12.8 Å². The van der Waals surface area contributed by atoms with Crippen molar-refractivity contribution < 1.29 is 15.0 Å². The summed E-state index contributed by atoms with van der Waals surface area (Å²) in [5.41, 5.74) is 1.62. The average Bonchev–Trinajstić information content (AvgIpc) is 2.75. The van der Waals surface area contributed by atoms with Gasteiger partial charge >= 0.3 is 5.97 Å². The summed E-state index contributed by atoms with van der Waals surface area (Å²) >= 11 is 1.45. The van der Waals surface area contributed by atoms with E-state index in [1.165, 1.54) is 11.3 Å². The van der Waals surface area contributed by atoms with Crippen molar-refractivity contribution in [2.24, 2.45) is 0 Å². The number of nitrogens with zero attached hydrogens (tertiary/aromatic N) is 1. The molecule has 1 aromatic heterocycles. The molecule has 2 aromatic rings. The summed E-state index contributed by atoms with van der Waals surface area (Å²) in [6.07, 6.45) is 0.522. The minimum absolute atomic E-state index is 0.0865. The predicted octanol–water partition coefficient (Wildman–Crippen LogP) is 2.53. The third kappa shape index (κ3) is 3.04. The van der Waals surface area contributed by atoms with Crippen molar-refractivity contribution in [3.05, 3.63) is 35.3 Å². The molecule has 5 heteroatoms. The lowest BCUT2D eigenvalue weighted by atomic mass is 10.2. The second-order valence-electron chi connectivity index (χ2n) is 3.59. The summed E-state index contributed by atoms with van der Waals surface area (Å²) in [6.45, 7) is 0. The van der Waals surface area contributed by atoms with E-state index in [0.717, 1.165) is 16.3 Å². The van der Waals surface area contributed by atoms with Gasteiger partial charge in [-0.1, -0.05) is 12.1 Å². The lowest BCUT2D eigenvalue weighted by Crippen LogP contribution is -1.97. The zero-order valence-electron chi connectivity index (χ0n) is 8.96. The molecule has 1 heterocycles. The maximum Gasteiger partial charge on any atom is 0.303 e. The topological polar surface area (TPSA) is 70.4 Å². The van der Waals surface area contributed by atoms with E-state index in [4.69, 9.17) is 5.11 Å². The highest BCUT2D eigenvalue weighted by Crippen LogP contribution is 2.26. The zero-order valence-corrected chi connectivity index (χ0v) is 9.78. The lowest BCUT2D eigenvalue weighted by molar-refractivity contribution is -0.136. The summed E-state index contributed by atoms with van der Waals surface area (Å²) in [4.78, 5) is 14.8. The second kappa shape index (κ2) is 4.97. The van der Waals surface area contributed by atoms with Gasteiger partial charge < -0.3 is 10.2 Å². The highest BCUT2D eigenvalue weighted by atomic mass is 32.1. The summed E-state index contributed by atoms with van der Waals surface area (Å²) in [7, 11) is 0. The number of aliphatic carboxylic acids is 1. The summed E-state index contributed by atoms with van der Waals surface area (Å²) in [5, 5.41) is 20.6. The Balaban J connectivity index is 2.15. The number of rotatable bonds is 4. The number of aryl methyl sites for hydroxylation is 1. The summed E-state index contributed by atoms with van der Waals surface area (Å²) in [5.74, 6) is -0.623. The van der Waals surface area contributed by atoms with Crippen LogP contribution in [0.15, 0.2) is 29.6 Å². The zero-order chi connectivity index (χ0) is 12.3. The highest BCUT2D eigenvalue weighted by Gasteiger charge is 2.06. The molecule has 88 valence electrons. The van der Waals surface area contributed by atoms with Crippen molar-refractivity contribution >= 4 is 17.3 Å². The Hall–Kier alpha value is -1.88. The molecule has 0 aliphatic heterocycles. The Labute approximate surface area is 102 Å². The van der Waals surface area contributed by atoms with Crippen molar-refractivity contribution in [1.82, 2.24) is 4.98 Å². The molecular formula is C12H11NO3S. The van der Waals surface area contributed by atoms with Gasteiger partial charge in [0.25, 0.3) is 0 Å². The van der Waals surface area contributed by atoms with Crippen LogP contribution in [0.4, 0.5) is 0 Å². The van der Waals surface area contributed by atoms with Gasteiger partial charge in [0, 0.05) is 17.4 Å². The van der Waals surface area contributed by atoms with Crippen molar-refractivity contribution in [3.63, 3.8) is 0 Å². The Morgan fingerprint density at radius 2 is 2.24 bits per heavy atom. The quantitative estimate of drug-likeness (QED) is 0.873. The van der Waals surface area contributed by atoms with Crippen LogP contribution in [0.5, 0.6) is 5.75 Å². The molecule has 2 N–H and O–H groups in total. The van der Waals surface area contributed by atoms with Gasteiger partial charge in [0.05, 0.1) is 12.1 Å². The third-order valence-corrected chi connectivity index (χ3v) is 3.18. The molecule has 0 amide bonds.